The van der Waals surface area contributed by atoms with Crippen LogP contribution in [0.1, 0.15) is 47.0 Å². The van der Waals surface area contributed by atoms with Crippen molar-refractivity contribution in [3.63, 3.8) is 0 Å². The summed E-state index contributed by atoms with van der Waals surface area (Å²) in [4.78, 5) is 12.3. The minimum absolute atomic E-state index is 0.0521. The molecule has 2 aromatic rings. The molecule has 5 nitrogen and oxygen atoms in total. The van der Waals surface area contributed by atoms with Gasteiger partial charge in [0.05, 0.1) is 20.3 Å². The average molecular weight is 483 g/mol. The van der Waals surface area contributed by atoms with E-state index in [0.717, 1.165) is 12.8 Å². The van der Waals surface area contributed by atoms with Gasteiger partial charge in [-0.1, -0.05) is 88.4 Å². The summed E-state index contributed by atoms with van der Waals surface area (Å²) in [6.45, 7) is 10.6. The summed E-state index contributed by atoms with van der Waals surface area (Å²) in [6.07, 6.45) is 1.94. The first-order chi connectivity index (χ1) is 16.2. The molecular weight excluding hydrogens is 444 g/mol. The molecule has 0 aromatic heterocycles. The minimum atomic E-state index is -2.74. The molecule has 0 unspecified atom stereocenters. The fourth-order valence-corrected chi connectivity index (χ4v) is 10.7. The normalized spacial score (nSPS) is 24.4. The van der Waals surface area contributed by atoms with E-state index in [-0.39, 0.29) is 16.9 Å². The fourth-order valence-electron chi connectivity index (χ4n) is 6.07. The van der Waals surface area contributed by atoms with Crippen molar-refractivity contribution in [2.45, 2.75) is 57.8 Å². The van der Waals surface area contributed by atoms with E-state index in [0.29, 0.717) is 26.2 Å². The van der Waals surface area contributed by atoms with Gasteiger partial charge in [-0.25, -0.2) is 0 Å². The second-order valence-corrected chi connectivity index (χ2v) is 15.1. The summed E-state index contributed by atoms with van der Waals surface area (Å²) < 4.78 is 24.9. The van der Waals surface area contributed by atoms with Crippen molar-refractivity contribution < 1.29 is 23.4 Å². The van der Waals surface area contributed by atoms with Crippen LogP contribution < -0.4 is 10.4 Å². The smallest absolute Gasteiger partial charge is 0.305 e. The average Bonchev–Trinajstić information content (AvgIpc) is 3.42. The van der Waals surface area contributed by atoms with E-state index in [4.69, 9.17) is 18.6 Å². The molecule has 1 aliphatic carbocycles. The molecule has 1 heterocycles. The lowest BCUT2D eigenvalue weighted by Gasteiger charge is -2.48. The van der Waals surface area contributed by atoms with Crippen LogP contribution >= 0.6 is 0 Å². The van der Waals surface area contributed by atoms with Crippen molar-refractivity contribution in [2.24, 2.45) is 11.3 Å². The third-order valence-corrected chi connectivity index (χ3v) is 13.0. The molecule has 1 spiro atoms. The Kier molecular flexibility index (Phi) is 7.07. The van der Waals surface area contributed by atoms with Crippen molar-refractivity contribution in [3.8, 4) is 0 Å². The standard InChI is InChI=1S/C28H38O5Si/c1-26(2,3)34(23-12-8-6-9-13-23,24-14-10-7-11-15-24)33-21-27(4)22(20-25(29)30-5)16-17-28(27)31-18-19-32-28/h6-15,22H,16-21H2,1-5H3/t22-,27-/m0/s1. The van der Waals surface area contributed by atoms with Gasteiger partial charge in [-0.05, 0) is 27.8 Å². The first kappa shape index (κ1) is 25.1. The van der Waals surface area contributed by atoms with Crippen LogP contribution in [0.5, 0.6) is 0 Å². The van der Waals surface area contributed by atoms with Gasteiger partial charge in [-0.15, -0.1) is 0 Å². The number of hydrogen-bond acceptors (Lipinski definition) is 5. The lowest BCUT2D eigenvalue weighted by atomic mass is 9.75. The number of benzene rings is 2. The van der Waals surface area contributed by atoms with Crippen molar-refractivity contribution in [1.29, 1.82) is 0 Å². The molecule has 2 fully saturated rings. The third-order valence-electron chi connectivity index (χ3n) is 7.99. The summed E-state index contributed by atoms with van der Waals surface area (Å²) in [5, 5.41) is 2.34. The number of hydrogen-bond donors (Lipinski definition) is 0. The highest BCUT2D eigenvalue weighted by atomic mass is 28.4. The maximum atomic E-state index is 12.3. The quantitative estimate of drug-likeness (QED) is 0.435. The molecule has 2 atom stereocenters. The molecule has 1 aliphatic heterocycles. The Bertz CT molecular complexity index is 926. The van der Waals surface area contributed by atoms with Crippen LogP contribution in [0.15, 0.2) is 60.7 Å². The lowest BCUT2D eigenvalue weighted by Crippen LogP contribution is -2.68. The Labute approximate surface area is 204 Å². The van der Waals surface area contributed by atoms with E-state index < -0.39 is 19.5 Å². The topological polar surface area (TPSA) is 54.0 Å². The molecule has 184 valence electrons. The Hall–Kier alpha value is -1.99. The largest absolute Gasteiger partial charge is 0.469 e. The van der Waals surface area contributed by atoms with Gasteiger partial charge in [0.1, 0.15) is 0 Å². The number of carbonyl (C=O) groups is 1. The molecule has 0 radical (unpaired) electrons. The summed E-state index contributed by atoms with van der Waals surface area (Å²) >= 11 is 0. The molecule has 2 aliphatic rings. The molecule has 0 N–H and O–H groups in total. The van der Waals surface area contributed by atoms with Gasteiger partial charge in [0, 0.05) is 24.9 Å². The van der Waals surface area contributed by atoms with Gasteiger partial charge in [-0.3, -0.25) is 4.79 Å². The van der Waals surface area contributed by atoms with Gasteiger partial charge < -0.3 is 18.6 Å². The van der Waals surface area contributed by atoms with Crippen molar-refractivity contribution in [1.82, 2.24) is 0 Å². The van der Waals surface area contributed by atoms with Crippen LogP contribution in [0.2, 0.25) is 5.04 Å². The SMILES string of the molecule is COC(=O)C[C@@H]1CCC2(OCCO2)[C@@]1(C)CO[Si](c1ccccc1)(c1ccccc1)C(C)(C)C. The van der Waals surface area contributed by atoms with Crippen LogP contribution in [-0.4, -0.2) is 47.0 Å². The summed E-state index contributed by atoms with van der Waals surface area (Å²) in [6, 6.07) is 21.3. The Morgan fingerprint density at radius 1 is 1.00 bits per heavy atom. The molecular formula is C28H38O5Si. The monoisotopic (exact) mass is 482 g/mol. The van der Waals surface area contributed by atoms with Crippen molar-refractivity contribution in [2.75, 3.05) is 26.9 Å². The summed E-state index contributed by atoms with van der Waals surface area (Å²) in [7, 11) is -1.29. The van der Waals surface area contributed by atoms with Gasteiger partial charge in [0.2, 0.25) is 0 Å². The van der Waals surface area contributed by atoms with Gasteiger partial charge >= 0.3 is 5.97 Å². The molecule has 0 amide bonds. The summed E-state index contributed by atoms with van der Waals surface area (Å²) in [5.74, 6) is -0.870. The zero-order valence-corrected chi connectivity index (χ0v) is 22.1. The van der Waals surface area contributed by atoms with Gasteiger partial charge in [0.25, 0.3) is 8.32 Å². The Morgan fingerprint density at radius 3 is 2.00 bits per heavy atom. The predicted octanol–water partition coefficient (Wildman–Crippen LogP) is 4.29. The number of rotatable bonds is 7. The first-order valence-electron chi connectivity index (χ1n) is 12.3. The zero-order valence-electron chi connectivity index (χ0n) is 21.1. The highest BCUT2D eigenvalue weighted by molar-refractivity contribution is 6.99. The van der Waals surface area contributed by atoms with E-state index in [1.165, 1.54) is 17.5 Å². The number of ether oxygens (including phenoxy) is 3. The number of methoxy groups -OCH3 is 1. The second kappa shape index (κ2) is 9.57. The molecule has 0 bridgehead atoms. The molecule has 1 saturated heterocycles. The van der Waals surface area contributed by atoms with Crippen LogP contribution in [0.4, 0.5) is 0 Å². The van der Waals surface area contributed by atoms with Crippen LogP contribution in [0.3, 0.4) is 0 Å². The van der Waals surface area contributed by atoms with E-state index >= 15 is 0 Å². The fraction of sp³-hybridized carbons (Fsp3) is 0.536. The van der Waals surface area contributed by atoms with Crippen molar-refractivity contribution >= 4 is 24.7 Å². The number of esters is 1. The van der Waals surface area contributed by atoms with E-state index in [9.17, 15) is 4.79 Å². The maximum Gasteiger partial charge on any atom is 0.305 e. The summed E-state index contributed by atoms with van der Waals surface area (Å²) in [5.41, 5.74) is -0.481. The highest BCUT2D eigenvalue weighted by Gasteiger charge is 2.63. The highest BCUT2D eigenvalue weighted by Crippen LogP contribution is 2.56. The first-order valence-corrected chi connectivity index (χ1v) is 14.2. The second-order valence-electron chi connectivity index (χ2n) is 10.8. The Balaban J connectivity index is 1.79. The maximum absolute atomic E-state index is 12.3. The van der Waals surface area contributed by atoms with Gasteiger partial charge in [0.15, 0.2) is 5.79 Å². The van der Waals surface area contributed by atoms with Gasteiger partial charge in [-0.2, -0.15) is 0 Å². The zero-order chi connectivity index (χ0) is 24.5. The van der Waals surface area contributed by atoms with Crippen LogP contribution in [-0.2, 0) is 23.4 Å². The van der Waals surface area contributed by atoms with Crippen molar-refractivity contribution in [3.05, 3.63) is 60.7 Å². The molecule has 1 saturated carbocycles. The lowest BCUT2D eigenvalue weighted by molar-refractivity contribution is -0.233. The molecule has 34 heavy (non-hydrogen) atoms. The molecule has 6 heteroatoms. The molecule has 4 rings (SSSR count). The van der Waals surface area contributed by atoms with E-state index in [1.54, 1.807) is 0 Å². The van der Waals surface area contributed by atoms with E-state index in [1.807, 2.05) is 0 Å². The van der Waals surface area contributed by atoms with Crippen LogP contribution in [0.25, 0.3) is 0 Å². The Morgan fingerprint density at radius 2 is 1.53 bits per heavy atom. The molecule has 2 aromatic carbocycles. The van der Waals surface area contributed by atoms with Crippen LogP contribution in [0, 0.1) is 11.3 Å². The third kappa shape index (κ3) is 4.15. The predicted molar refractivity (Wildman–Crippen MR) is 136 cm³/mol. The minimum Gasteiger partial charge on any atom is -0.469 e. The number of carbonyl (C=O) groups excluding carboxylic acids is 1. The van der Waals surface area contributed by atoms with E-state index in [2.05, 4.69) is 88.4 Å².